The lowest BCUT2D eigenvalue weighted by molar-refractivity contribution is -0.156. The molecule has 0 saturated carbocycles. The van der Waals surface area contributed by atoms with Gasteiger partial charge in [-0.2, -0.15) is 0 Å². The summed E-state index contributed by atoms with van der Waals surface area (Å²) in [5.74, 6) is 2.76. The Morgan fingerprint density at radius 3 is 2.57 bits per heavy atom. The number of carbonyl (C=O) groups excluding carboxylic acids is 1. The van der Waals surface area contributed by atoms with Crippen LogP contribution in [0.5, 0.6) is 11.5 Å². The number of aryl methyl sites for hydroxylation is 1. The Hall–Kier alpha value is -3.26. The van der Waals surface area contributed by atoms with Crippen molar-refractivity contribution in [3.05, 3.63) is 22.9 Å². The van der Waals surface area contributed by atoms with Gasteiger partial charge in [-0.3, -0.25) is 9.69 Å². The highest BCUT2D eigenvalue weighted by molar-refractivity contribution is 9.10. The Morgan fingerprint density at radius 2 is 1.86 bits per heavy atom. The maximum absolute atomic E-state index is 14.1. The van der Waals surface area contributed by atoms with Crippen LogP contribution in [0.3, 0.4) is 0 Å². The quantitative estimate of drug-likeness (QED) is 0.336. The highest BCUT2D eigenvalue weighted by atomic mass is 79.9. The van der Waals surface area contributed by atoms with Gasteiger partial charge in [0.15, 0.2) is 34.0 Å². The van der Waals surface area contributed by atoms with Crippen LogP contribution in [0.2, 0.25) is 0 Å². The number of amides is 2. The predicted octanol–water partition coefficient (Wildman–Crippen LogP) is 5.58. The van der Waals surface area contributed by atoms with Gasteiger partial charge in [0.25, 0.3) is 0 Å². The van der Waals surface area contributed by atoms with Crippen molar-refractivity contribution in [2.24, 2.45) is 11.3 Å². The van der Waals surface area contributed by atoms with Crippen LogP contribution in [0.25, 0.3) is 11.5 Å². The number of aromatic nitrogens is 4. The van der Waals surface area contributed by atoms with Gasteiger partial charge < -0.3 is 29.8 Å². The fourth-order valence-electron chi connectivity index (χ4n) is 6.78. The minimum atomic E-state index is -1.04. The lowest BCUT2D eigenvalue weighted by Crippen LogP contribution is -2.69. The van der Waals surface area contributed by atoms with Gasteiger partial charge in [-0.15, -0.1) is 0 Å². The SMILES string of the molecule is CC(C)(C)[C@]1(C(=O)N2CCC(CCn3cnc(N)c4nc(Sc5cc6c(cc5Br)OCO6)nc3-4)CC2)CCCCN1C(=O)O. The molecule has 14 heteroatoms. The fraction of sp³-hybridized carbons (Fsp3) is 0.567. The van der Waals surface area contributed by atoms with Crippen LogP contribution in [0.1, 0.15) is 59.3 Å². The molecule has 44 heavy (non-hydrogen) atoms. The van der Waals surface area contributed by atoms with Crippen molar-refractivity contribution in [2.45, 2.75) is 81.4 Å². The number of hydrogen-bond acceptors (Lipinski definition) is 9. The third-order valence-corrected chi connectivity index (χ3v) is 11.1. The van der Waals surface area contributed by atoms with E-state index < -0.39 is 17.0 Å². The number of nitrogens with two attached hydrogens (primary N) is 1. The minimum Gasteiger partial charge on any atom is -0.465 e. The van der Waals surface area contributed by atoms with E-state index in [-0.39, 0.29) is 12.7 Å². The van der Waals surface area contributed by atoms with Crippen molar-refractivity contribution < 1.29 is 24.2 Å². The number of fused-ring (bicyclic) bond motifs is 2. The highest BCUT2D eigenvalue weighted by Gasteiger charge is 2.57. The van der Waals surface area contributed by atoms with E-state index in [0.717, 1.165) is 41.5 Å². The Morgan fingerprint density at radius 1 is 1.14 bits per heavy atom. The van der Waals surface area contributed by atoms with Crippen LogP contribution in [-0.2, 0) is 11.3 Å². The molecule has 236 valence electrons. The average molecular weight is 689 g/mol. The number of carboxylic acid groups (broad SMARTS) is 1. The van der Waals surface area contributed by atoms with Crippen molar-refractivity contribution in [1.82, 2.24) is 29.3 Å². The Bertz CT molecular complexity index is 1540. The van der Waals surface area contributed by atoms with E-state index in [2.05, 4.69) is 25.9 Å². The number of benzene rings is 1. The van der Waals surface area contributed by atoms with Crippen LogP contribution in [0.4, 0.5) is 10.6 Å². The molecule has 0 spiro atoms. The molecule has 0 unspecified atom stereocenters. The van der Waals surface area contributed by atoms with Gasteiger partial charge >= 0.3 is 6.09 Å². The molecule has 1 aromatic rings. The first-order valence-electron chi connectivity index (χ1n) is 15.0. The van der Waals surface area contributed by atoms with Gasteiger partial charge in [0.05, 0.1) is 6.33 Å². The average Bonchev–Trinajstić information content (AvgIpc) is 3.63. The molecule has 3 N–H and O–H groups in total. The number of ether oxygens (including phenoxy) is 2. The van der Waals surface area contributed by atoms with E-state index in [1.807, 2.05) is 42.4 Å². The van der Waals surface area contributed by atoms with E-state index in [1.165, 1.54) is 16.7 Å². The highest BCUT2D eigenvalue weighted by Crippen LogP contribution is 2.45. The lowest BCUT2D eigenvalue weighted by atomic mass is 9.66. The smallest absolute Gasteiger partial charge is 0.408 e. The zero-order chi connectivity index (χ0) is 31.2. The summed E-state index contributed by atoms with van der Waals surface area (Å²) in [4.78, 5) is 44.4. The Balaban J connectivity index is 1.12. The molecule has 2 saturated heterocycles. The standard InChI is InChI=1S/C30H38BrN7O5S/c1-29(2,3)30(9-4-5-10-38(30)28(40)41)26(39)36-11-6-18(7-12-36)8-13-37-16-33-24(32)23-25(37)35-27(34-23)44-22-15-21-20(14-19(22)31)42-17-43-21/h14-16,18H,4-13,17,32H2,1-3H3,(H,40,41)/t30-/m1/s1. The summed E-state index contributed by atoms with van der Waals surface area (Å²) >= 11 is 5.01. The molecule has 2 amide bonds. The molecule has 5 aliphatic heterocycles. The monoisotopic (exact) mass is 687 g/mol. The van der Waals surface area contributed by atoms with Gasteiger partial charge in [0.2, 0.25) is 12.7 Å². The van der Waals surface area contributed by atoms with Crippen molar-refractivity contribution >= 4 is 45.5 Å². The van der Waals surface area contributed by atoms with E-state index >= 15 is 0 Å². The van der Waals surface area contributed by atoms with Crippen LogP contribution >= 0.6 is 27.7 Å². The molecule has 12 nitrogen and oxygen atoms in total. The number of imidazole rings is 1. The second-order valence-corrected chi connectivity index (χ2v) is 14.6. The van der Waals surface area contributed by atoms with E-state index in [9.17, 15) is 14.7 Å². The minimum absolute atomic E-state index is 0.0458. The Labute approximate surface area is 269 Å². The van der Waals surface area contributed by atoms with Crippen LogP contribution in [-0.4, -0.2) is 78.4 Å². The second-order valence-electron chi connectivity index (χ2n) is 12.8. The number of nitrogen functional groups attached to an aromatic ring is 1. The zero-order valence-corrected chi connectivity index (χ0v) is 27.6. The maximum Gasteiger partial charge on any atom is 0.408 e. The number of halogens is 1. The van der Waals surface area contributed by atoms with Crippen LogP contribution in [0, 0.1) is 11.3 Å². The molecule has 5 aliphatic rings. The first-order valence-corrected chi connectivity index (χ1v) is 16.6. The molecule has 0 aliphatic carbocycles. The van der Waals surface area contributed by atoms with Gasteiger partial charge in [-0.05, 0) is 89.7 Å². The van der Waals surface area contributed by atoms with Crippen molar-refractivity contribution in [2.75, 3.05) is 32.2 Å². The molecule has 0 radical (unpaired) electrons. The van der Waals surface area contributed by atoms with E-state index in [4.69, 9.17) is 20.2 Å². The number of carbonyl (C=O) groups is 2. The van der Waals surface area contributed by atoms with E-state index in [0.29, 0.717) is 72.5 Å². The van der Waals surface area contributed by atoms with Crippen molar-refractivity contribution in [1.29, 1.82) is 0 Å². The predicted molar refractivity (Wildman–Crippen MR) is 168 cm³/mol. The molecule has 0 aromatic heterocycles. The second kappa shape index (κ2) is 11.9. The molecule has 2 fully saturated rings. The topological polar surface area (TPSA) is 149 Å². The van der Waals surface area contributed by atoms with Crippen molar-refractivity contribution in [3.8, 4) is 23.0 Å². The van der Waals surface area contributed by atoms with Gasteiger partial charge in [0.1, 0.15) is 5.54 Å². The number of anilines is 1. The summed E-state index contributed by atoms with van der Waals surface area (Å²) in [6.07, 6.45) is 5.51. The zero-order valence-electron chi connectivity index (χ0n) is 25.2. The first-order chi connectivity index (χ1) is 21.0. The largest absolute Gasteiger partial charge is 0.465 e. The summed E-state index contributed by atoms with van der Waals surface area (Å²) in [6, 6.07) is 3.78. The number of hydrogen-bond donors (Lipinski definition) is 2. The summed E-state index contributed by atoms with van der Waals surface area (Å²) in [5.41, 5.74) is 5.20. The fourth-order valence-corrected chi connectivity index (χ4v) is 8.14. The third kappa shape index (κ3) is 5.55. The number of rotatable bonds is 6. The molecule has 1 aromatic carbocycles. The molecule has 0 bridgehead atoms. The molecule has 5 heterocycles. The van der Waals surface area contributed by atoms with Gasteiger partial charge in [-0.25, -0.2) is 19.7 Å². The Kier molecular flexibility index (Phi) is 8.33. The normalized spacial score (nSPS) is 20.8. The third-order valence-electron chi connectivity index (χ3n) is 9.24. The van der Waals surface area contributed by atoms with Crippen LogP contribution in [0.15, 0.2) is 33.0 Å². The number of likely N-dealkylation sites (tertiary alicyclic amines) is 2. The molecular formula is C30H38BrN7O5S. The van der Waals surface area contributed by atoms with Gasteiger partial charge in [0, 0.05) is 35.5 Å². The number of piperidine rings is 2. The number of nitrogens with zero attached hydrogens (tertiary/aromatic N) is 6. The molecule has 1 atom stereocenters. The summed E-state index contributed by atoms with van der Waals surface area (Å²) < 4.78 is 13.8. The first kappa shape index (κ1) is 30.8. The molecule has 6 rings (SSSR count). The summed E-state index contributed by atoms with van der Waals surface area (Å²) in [7, 11) is 0. The van der Waals surface area contributed by atoms with Crippen LogP contribution < -0.4 is 15.2 Å². The van der Waals surface area contributed by atoms with Crippen molar-refractivity contribution in [3.63, 3.8) is 0 Å². The lowest BCUT2D eigenvalue weighted by Gasteiger charge is -2.54. The summed E-state index contributed by atoms with van der Waals surface area (Å²) in [6.45, 7) is 8.50. The molecular weight excluding hydrogens is 650 g/mol. The van der Waals surface area contributed by atoms with Gasteiger partial charge in [-0.1, -0.05) is 20.8 Å². The maximum atomic E-state index is 14.1. The van der Waals surface area contributed by atoms with E-state index in [1.54, 1.807) is 6.33 Å². The summed E-state index contributed by atoms with van der Waals surface area (Å²) in [5, 5.41) is 10.6.